The largest absolute Gasteiger partial charge is 0.444 e. The molecule has 0 radical (unpaired) electrons. The molecule has 2 aromatic rings. The summed E-state index contributed by atoms with van der Waals surface area (Å²) < 4.78 is 5.46. The van der Waals surface area contributed by atoms with Gasteiger partial charge >= 0.3 is 6.09 Å². The Kier molecular flexibility index (Phi) is 5.06. The zero-order valence-electron chi connectivity index (χ0n) is 17.5. The van der Waals surface area contributed by atoms with Crippen LogP contribution in [0.25, 0.3) is 0 Å². The zero-order chi connectivity index (χ0) is 20.6. The molecule has 0 spiro atoms. The Morgan fingerprint density at radius 3 is 2.52 bits per heavy atom. The number of hydrogen-bond donors (Lipinski definition) is 2. The first kappa shape index (κ1) is 19.5. The maximum absolute atomic E-state index is 12.3. The molecule has 1 aliphatic heterocycles. The lowest BCUT2D eigenvalue weighted by Crippen LogP contribution is -2.50. The van der Waals surface area contributed by atoms with E-state index in [-0.39, 0.29) is 6.09 Å². The van der Waals surface area contributed by atoms with Gasteiger partial charge in [-0.15, -0.1) is 0 Å². The maximum atomic E-state index is 12.3. The summed E-state index contributed by atoms with van der Waals surface area (Å²) in [6.45, 7) is 10.1. The van der Waals surface area contributed by atoms with Crippen molar-refractivity contribution in [1.29, 1.82) is 0 Å². The van der Waals surface area contributed by atoms with Gasteiger partial charge in [0.05, 0.1) is 0 Å². The van der Waals surface area contributed by atoms with Crippen LogP contribution in [0.15, 0.2) is 12.1 Å². The summed E-state index contributed by atoms with van der Waals surface area (Å²) >= 11 is 0. The van der Waals surface area contributed by atoms with E-state index in [1.165, 1.54) is 18.5 Å². The van der Waals surface area contributed by atoms with Crippen molar-refractivity contribution in [2.24, 2.45) is 0 Å². The number of hydrogen-bond acceptors (Lipinski definition) is 7. The Morgan fingerprint density at radius 2 is 1.86 bits per heavy atom. The minimum atomic E-state index is -0.486. The van der Waals surface area contributed by atoms with Crippen molar-refractivity contribution in [2.75, 3.05) is 36.4 Å². The second-order valence-corrected chi connectivity index (χ2v) is 8.76. The van der Waals surface area contributed by atoms with Gasteiger partial charge in [0.25, 0.3) is 0 Å². The van der Waals surface area contributed by atoms with Gasteiger partial charge in [-0.25, -0.2) is 9.78 Å². The lowest BCUT2D eigenvalue weighted by molar-refractivity contribution is 0.0240. The number of amides is 1. The summed E-state index contributed by atoms with van der Waals surface area (Å²) in [5.41, 5.74) is 1.57. The quantitative estimate of drug-likeness (QED) is 0.814. The van der Waals surface area contributed by atoms with E-state index in [0.717, 1.165) is 17.3 Å². The Balaban J connectivity index is 1.39. The Labute approximate surface area is 170 Å². The molecule has 2 fully saturated rings. The smallest absolute Gasteiger partial charge is 0.410 e. The van der Waals surface area contributed by atoms with Crippen molar-refractivity contribution in [2.45, 2.75) is 52.1 Å². The van der Waals surface area contributed by atoms with Gasteiger partial charge in [-0.2, -0.15) is 10.1 Å². The maximum Gasteiger partial charge on any atom is 0.410 e. The van der Waals surface area contributed by atoms with Gasteiger partial charge in [0, 0.05) is 55.6 Å². The van der Waals surface area contributed by atoms with E-state index in [2.05, 4.69) is 30.4 Å². The highest BCUT2D eigenvalue weighted by Crippen LogP contribution is 2.39. The average Bonchev–Trinajstić information content (AvgIpc) is 3.40. The van der Waals surface area contributed by atoms with Gasteiger partial charge in [0.15, 0.2) is 5.82 Å². The molecule has 0 atom stereocenters. The van der Waals surface area contributed by atoms with Crippen molar-refractivity contribution in [3.63, 3.8) is 0 Å². The number of carbonyl (C=O) groups excluding carboxylic acids is 1. The molecule has 1 saturated carbocycles. The first-order valence-corrected chi connectivity index (χ1v) is 10.2. The third-order valence-corrected chi connectivity index (χ3v) is 4.93. The van der Waals surface area contributed by atoms with Crippen molar-refractivity contribution in [3.8, 4) is 0 Å². The van der Waals surface area contributed by atoms with Crippen molar-refractivity contribution in [1.82, 2.24) is 25.1 Å². The fraction of sp³-hybridized carbons (Fsp3) is 0.600. The SMILES string of the molecule is Cc1cc(Nc2cc(C3CC3)[nH]n2)nc(N2CCN(C(=O)OC(C)(C)C)CC2)n1. The number of H-pyrrole nitrogens is 1. The Hall–Kier alpha value is -2.84. The van der Waals surface area contributed by atoms with Crippen LogP contribution in [-0.4, -0.2) is 62.9 Å². The van der Waals surface area contributed by atoms with Crippen LogP contribution in [0.5, 0.6) is 0 Å². The van der Waals surface area contributed by atoms with E-state index in [9.17, 15) is 4.79 Å². The normalized spacial score (nSPS) is 17.4. The third-order valence-electron chi connectivity index (χ3n) is 4.93. The van der Waals surface area contributed by atoms with Gasteiger partial charge in [0.1, 0.15) is 11.4 Å². The van der Waals surface area contributed by atoms with Crippen molar-refractivity contribution >= 4 is 23.7 Å². The number of nitrogens with zero attached hydrogens (tertiary/aromatic N) is 5. The van der Waals surface area contributed by atoms with E-state index in [0.29, 0.717) is 38.0 Å². The van der Waals surface area contributed by atoms with Gasteiger partial charge < -0.3 is 19.9 Å². The number of nitrogens with one attached hydrogen (secondary N) is 2. The van der Waals surface area contributed by atoms with Crippen LogP contribution in [0.2, 0.25) is 0 Å². The number of rotatable bonds is 4. The molecule has 0 aromatic carbocycles. The summed E-state index contributed by atoms with van der Waals surface area (Å²) in [4.78, 5) is 25.3. The molecule has 2 aliphatic rings. The molecule has 0 bridgehead atoms. The standard InChI is InChI=1S/C20H29N7O2/c1-13-11-16(22-17-12-15(24-25-17)14-5-6-14)23-18(21-13)26-7-9-27(10-8-26)19(28)29-20(2,3)4/h11-12,14H,5-10H2,1-4H3,(H2,21,22,23,24,25). The van der Waals surface area contributed by atoms with Crippen LogP contribution in [-0.2, 0) is 4.74 Å². The molecular formula is C20H29N7O2. The van der Waals surface area contributed by atoms with Gasteiger partial charge in [-0.1, -0.05) is 0 Å². The highest BCUT2D eigenvalue weighted by atomic mass is 16.6. The molecule has 4 rings (SSSR count). The van der Waals surface area contributed by atoms with E-state index in [4.69, 9.17) is 4.74 Å². The van der Waals surface area contributed by atoms with Crippen LogP contribution >= 0.6 is 0 Å². The first-order valence-electron chi connectivity index (χ1n) is 10.2. The first-order chi connectivity index (χ1) is 13.8. The van der Waals surface area contributed by atoms with Crippen LogP contribution in [0.3, 0.4) is 0 Å². The van der Waals surface area contributed by atoms with E-state index >= 15 is 0 Å². The minimum Gasteiger partial charge on any atom is -0.444 e. The highest BCUT2D eigenvalue weighted by Gasteiger charge is 2.27. The van der Waals surface area contributed by atoms with E-state index in [1.807, 2.05) is 39.8 Å². The summed E-state index contributed by atoms with van der Waals surface area (Å²) in [6, 6.07) is 3.96. The molecule has 1 saturated heterocycles. The Morgan fingerprint density at radius 1 is 1.14 bits per heavy atom. The second kappa shape index (κ2) is 7.53. The summed E-state index contributed by atoms with van der Waals surface area (Å²) in [5, 5.41) is 10.7. The molecule has 2 aromatic heterocycles. The number of aryl methyl sites for hydroxylation is 1. The van der Waals surface area contributed by atoms with Crippen LogP contribution in [0, 0.1) is 6.92 Å². The monoisotopic (exact) mass is 399 g/mol. The second-order valence-electron chi connectivity index (χ2n) is 8.76. The number of aromatic nitrogens is 4. The highest BCUT2D eigenvalue weighted by molar-refractivity contribution is 5.68. The molecule has 29 heavy (non-hydrogen) atoms. The summed E-state index contributed by atoms with van der Waals surface area (Å²) in [7, 11) is 0. The topological polar surface area (TPSA) is 99.3 Å². The Bertz CT molecular complexity index is 877. The summed E-state index contributed by atoms with van der Waals surface area (Å²) in [6.07, 6.45) is 2.19. The van der Waals surface area contributed by atoms with Crippen molar-refractivity contribution in [3.05, 3.63) is 23.5 Å². The number of carbonyl (C=O) groups is 1. The molecule has 3 heterocycles. The molecule has 2 N–H and O–H groups in total. The molecule has 156 valence electrons. The lowest BCUT2D eigenvalue weighted by Gasteiger charge is -2.35. The van der Waals surface area contributed by atoms with Crippen LogP contribution < -0.4 is 10.2 Å². The number of piperazine rings is 1. The zero-order valence-corrected chi connectivity index (χ0v) is 17.5. The third kappa shape index (κ3) is 4.96. The number of ether oxygens (including phenoxy) is 1. The predicted octanol–water partition coefficient (Wildman–Crippen LogP) is 3.19. The van der Waals surface area contributed by atoms with Crippen LogP contribution in [0.1, 0.15) is 50.9 Å². The molecule has 0 unspecified atom stereocenters. The summed E-state index contributed by atoms with van der Waals surface area (Å²) in [5.74, 6) is 2.78. The van der Waals surface area contributed by atoms with E-state index < -0.39 is 5.60 Å². The average molecular weight is 399 g/mol. The molecule has 1 amide bonds. The van der Waals surface area contributed by atoms with Gasteiger partial charge in [0.2, 0.25) is 5.95 Å². The minimum absolute atomic E-state index is 0.269. The molecule has 1 aliphatic carbocycles. The van der Waals surface area contributed by atoms with Gasteiger partial charge in [-0.05, 0) is 40.5 Å². The predicted molar refractivity (Wildman–Crippen MR) is 111 cm³/mol. The fourth-order valence-corrected chi connectivity index (χ4v) is 3.31. The van der Waals surface area contributed by atoms with Crippen molar-refractivity contribution < 1.29 is 9.53 Å². The van der Waals surface area contributed by atoms with Gasteiger partial charge in [-0.3, -0.25) is 5.10 Å². The fourth-order valence-electron chi connectivity index (χ4n) is 3.31. The molecule has 9 heteroatoms. The van der Waals surface area contributed by atoms with Crippen LogP contribution in [0.4, 0.5) is 22.4 Å². The molecular weight excluding hydrogens is 370 g/mol. The number of anilines is 3. The number of aromatic amines is 1. The lowest BCUT2D eigenvalue weighted by atomic mass is 10.2. The van der Waals surface area contributed by atoms with E-state index in [1.54, 1.807) is 4.90 Å². The molecule has 9 nitrogen and oxygen atoms in total.